The summed E-state index contributed by atoms with van der Waals surface area (Å²) in [5, 5.41) is 83.9. The van der Waals surface area contributed by atoms with E-state index >= 15 is 0 Å². The van der Waals surface area contributed by atoms with Gasteiger partial charge < -0.3 is 63.6 Å². The normalized spacial score (nSPS) is 26.4. The van der Waals surface area contributed by atoms with Crippen LogP contribution in [-0.2, 0) is 27.5 Å². The summed E-state index contributed by atoms with van der Waals surface area (Å²) in [6.07, 6.45) is -17.1. The zero-order valence-electron chi connectivity index (χ0n) is 35.1. The maximum atomic E-state index is 13.6. The Kier molecular flexibility index (Phi) is 17.0. The molecule has 1 rings (SSSR count). The fourth-order valence-corrected chi connectivity index (χ4v) is 16.1. The molecule has 0 spiro atoms. The van der Waals surface area contributed by atoms with Gasteiger partial charge in [0, 0.05) is 10.3 Å². The average Bonchev–Trinajstić information content (AvgIpc) is 2.98. The van der Waals surface area contributed by atoms with Crippen molar-refractivity contribution in [2.45, 2.75) is 191 Å². The maximum Gasteiger partial charge on any atom is 0.292 e. The van der Waals surface area contributed by atoms with Crippen LogP contribution >= 0.6 is 0 Å². The van der Waals surface area contributed by atoms with Crippen LogP contribution in [0, 0.1) is 0 Å². The van der Waals surface area contributed by atoms with E-state index in [1.54, 1.807) is 0 Å². The molecule has 0 aromatic heterocycles. The minimum Gasteiger partial charge on any atom is -0.413 e. The monoisotopic (exact) mass is 834 g/mol. The van der Waals surface area contributed by atoms with Gasteiger partial charge in [0.1, 0.15) is 42.7 Å². The highest BCUT2D eigenvalue weighted by atomic mass is 28.4. The van der Waals surface area contributed by atoms with Gasteiger partial charge >= 0.3 is 0 Å². The molecule has 1 fully saturated rings. The minimum atomic E-state index is -3.46. The quantitative estimate of drug-likeness (QED) is 0.0595. The molecular formula is C33H74N2O14Si4. The van der Waals surface area contributed by atoms with Crippen LogP contribution in [0.5, 0.6) is 0 Å². The summed E-state index contributed by atoms with van der Waals surface area (Å²) in [4.78, 5) is 13.6. The van der Waals surface area contributed by atoms with Crippen molar-refractivity contribution in [3.05, 3.63) is 0 Å². The lowest BCUT2D eigenvalue weighted by molar-refractivity contribution is -0.326. The summed E-state index contributed by atoms with van der Waals surface area (Å²) in [6.45, 7) is 33.4. The van der Waals surface area contributed by atoms with Crippen molar-refractivity contribution in [2.75, 3.05) is 13.2 Å². The zero-order valence-corrected chi connectivity index (χ0v) is 39.1. The molecule has 20 heteroatoms. The standard InChI is InChI=1S/C33H74N2O14Si4/c1-30(2,47-52(15,16)33(7,8)48-51(12,13)14)31(3,4)53(17,49-32(5,6)50(9,10)11)35-34-28(44)25(42)24(41)27(20(38)18-36)46-29-26(43)23(40)22(39)21(19-37)45-29/h20-27,29,35-43H,18-19H2,1-17H3,(H,34,44). The number of amides is 1. The number of aliphatic hydroxyl groups excluding tert-OH is 8. The number of hydrogen-bond acceptors (Lipinski definition) is 15. The fourth-order valence-electron chi connectivity index (χ4n) is 5.75. The van der Waals surface area contributed by atoms with Crippen LogP contribution in [0.2, 0.25) is 64.0 Å². The Morgan fingerprint density at radius 3 is 1.70 bits per heavy atom. The summed E-state index contributed by atoms with van der Waals surface area (Å²) in [5.74, 6) is -1.13. The Hall–Kier alpha value is -0.222. The van der Waals surface area contributed by atoms with Gasteiger partial charge in [-0.1, -0.05) is 33.5 Å². The maximum absolute atomic E-state index is 13.6. The third kappa shape index (κ3) is 11.9. The second-order valence-corrected chi connectivity index (χ2v) is 37.3. The number of aliphatic hydroxyl groups is 8. The predicted octanol–water partition coefficient (Wildman–Crippen LogP) is 0.562. The summed E-state index contributed by atoms with van der Waals surface area (Å²) in [6, 6.07) is 0. The molecule has 1 amide bonds. The van der Waals surface area contributed by atoms with E-state index in [9.17, 15) is 45.6 Å². The molecule has 1 aliphatic heterocycles. The van der Waals surface area contributed by atoms with Gasteiger partial charge in [-0.3, -0.25) is 10.2 Å². The van der Waals surface area contributed by atoms with Crippen molar-refractivity contribution < 1.29 is 68.4 Å². The highest BCUT2D eigenvalue weighted by Gasteiger charge is 2.61. The van der Waals surface area contributed by atoms with E-state index in [0.29, 0.717) is 0 Å². The Morgan fingerprint density at radius 2 is 1.26 bits per heavy atom. The highest BCUT2D eigenvalue weighted by Crippen LogP contribution is 2.51. The highest BCUT2D eigenvalue weighted by molar-refractivity contribution is 6.81. The summed E-state index contributed by atoms with van der Waals surface area (Å²) in [7, 11) is -10.1. The summed E-state index contributed by atoms with van der Waals surface area (Å²) >= 11 is 0. The van der Waals surface area contributed by atoms with Gasteiger partial charge in [-0.05, 0) is 80.8 Å². The molecule has 1 saturated heterocycles. The number of carbonyl (C=O) groups excluding carboxylic acids is 1. The molecular weight excluding hydrogens is 761 g/mol. The Bertz CT molecular complexity index is 1200. The molecule has 0 aromatic rings. The molecule has 1 aliphatic rings. The van der Waals surface area contributed by atoms with Crippen molar-refractivity contribution >= 4 is 39.1 Å². The smallest absolute Gasteiger partial charge is 0.292 e. The van der Waals surface area contributed by atoms with Crippen LogP contribution in [0.3, 0.4) is 0 Å². The first-order valence-corrected chi connectivity index (χ1v) is 30.5. The van der Waals surface area contributed by atoms with Crippen molar-refractivity contribution in [1.82, 2.24) is 10.5 Å². The van der Waals surface area contributed by atoms with Gasteiger partial charge in [0.2, 0.25) is 8.32 Å². The lowest BCUT2D eigenvalue weighted by atomic mass is 9.94. The van der Waals surface area contributed by atoms with Crippen molar-refractivity contribution in [2.24, 2.45) is 0 Å². The van der Waals surface area contributed by atoms with E-state index in [2.05, 4.69) is 76.7 Å². The average molecular weight is 835 g/mol. The molecule has 0 saturated carbocycles. The number of ether oxygens (including phenoxy) is 2. The van der Waals surface area contributed by atoms with Crippen LogP contribution < -0.4 is 10.5 Å². The number of hydrazine groups is 1. The molecule has 0 aromatic carbocycles. The van der Waals surface area contributed by atoms with Gasteiger partial charge in [-0.25, -0.2) is 5.09 Å². The molecule has 1 heterocycles. The van der Waals surface area contributed by atoms with Gasteiger partial charge in [-0.15, -0.1) is 0 Å². The minimum absolute atomic E-state index is 0.545. The molecule has 0 aliphatic carbocycles. The van der Waals surface area contributed by atoms with Crippen molar-refractivity contribution in [3.63, 3.8) is 0 Å². The predicted molar refractivity (Wildman–Crippen MR) is 210 cm³/mol. The largest absolute Gasteiger partial charge is 0.413 e. The van der Waals surface area contributed by atoms with E-state index in [4.69, 9.17) is 22.8 Å². The van der Waals surface area contributed by atoms with Crippen LogP contribution in [0.1, 0.15) is 55.4 Å². The Labute approximate surface area is 321 Å². The number of hydrogen-bond donors (Lipinski definition) is 10. The first-order chi connectivity index (χ1) is 23.5. The first kappa shape index (κ1) is 50.8. The number of nitrogens with one attached hydrogen (secondary N) is 2. The lowest BCUT2D eigenvalue weighted by Gasteiger charge is -2.57. The van der Waals surface area contributed by atoms with Gasteiger partial charge in [0.05, 0.1) is 32.1 Å². The van der Waals surface area contributed by atoms with Gasteiger partial charge in [-0.2, -0.15) is 0 Å². The SMILES string of the molecule is CC(C)(O[Si](C)(C)C(C)(C)O[Si](C)(C)C)C(C)(C)[Si](C)(NNC(=O)C(O)C(O)C(OC1OC(CO)C(O)C(O)C1O)C(O)CO)OC(C)(C)[Si](C)(C)C. The van der Waals surface area contributed by atoms with E-state index in [-0.39, 0.29) is 0 Å². The molecule has 10 atom stereocenters. The second-order valence-electron chi connectivity index (χ2n) is 19.0. The number of carbonyl (C=O) groups is 1. The molecule has 10 unspecified atom stereocenters. The fraction of sp³-hybridized carbons (Fsp3) is 0.970. The van der Waals surface area contributed by atoms with Crippen molar-refractivity contribution in [3.8, 4) is 0 Å². The third-order valence-corrected chi connectivity index (χ3v) is 25.3. The molecule has 53 heavy (non-hydrogen) atoms. The van der Waals surface area contributed by atoms with E-state index in [1.165, 1.54) is 0 Å². The van der Waals surface area contributed by atoms with E-state index in [1.807, 2.05) is 48.1 Å². The van der Waals surface area contributed by atoms with Gasteiger partial charge in [0.25, 0.3) is 14.4 Å². The third-order valence-electron chi connectivity index (χ3n) is 11.5. The molecule has 0 bridgehead atoms. The van der Waals surface area contributed by atoms with E-state index in [0.717, 1.165) is 0 Å². The Morgan fingerprint density at radius 1 is 0.755 bits per heavy atom. The van der Waals surface area contributed by atoms with E-state index < -0.39 is 129 Å². The molecule has 316 valence electrons. The summed E-state index contributed by atoms with van der Waals surface area (Å²) < 4.78 is 31.7. The second kappa shape index (κ2) is 17.7. The molecule has 0 radical (unpaired) electrons. The zero-order chi connectivity index (χ0) is 42.1. The number of rotatable bonds is 20. The van der Waals surface area contributed by atoms with Crippen LogP contribution in [0.4, 0.5) is 0 Å². The van der Waals surface area contributed by atoms with Crippen LogP contribution in [0.25, 0.3) is 0 Å². The topological polar surface area (TPSA) is 249 Å². The summed E-state index contributed by atoms with van der Waals surface area (Å²) in [5.41, 5.74) is 1.67. The first-order valence-electron chi connectivity index (χ1n) is 18.2. The van der Waals surface area contributed by atoms with Crippen molar-refractivity contribution in [1.29, 1.82) is 0 Å². The lowest BCUT2D eigenvalue weighted by Crippen LogP contribution is -2.74. The van der Waals surface area contributed by atoms with Crippen LogP contribution in [-0.4, -0.2) is 164 Å². The van der Waals surface area contributed by atoms with Crippen LogP contribution in [0.15, 0.2) is 0 Å². The van der Waals surface area contributed by atoms with Gasteiger partial charge in [0.15, 0.2) is 20.7 Å². The molecule has 10 N–H and O–H groups in total. The Balaban J connectivity index is 3.51. The molecule has 16 nitrogen and oxygen atoms in total.